The Bertz CT molecular complexity index is 352. The van der Waals surface area contributed by atoms with E-state index in [4.69, 9.17) is 9.47 Å². The van der Waals surface area contributed by atoms with Crippen LogP contribution in [0.4, 0.5) is 0 Å². The lowest BCUT2D eigenvalue weighted by atomic mass is 10.2. The van der Waals surface area contributed by atoms with Gasteiger partial charge in [-0.1, -0.05) is 6.92 Å². The summed E-state index contributed by atoms with van der Waals surface area (Å²) in [5, 5.41) is 4.09. The van der Waals surface area contributed by atoms with E-state index in [1.807, 2.05) is 0 Å². The van der Waals surface area contributed by atoms with Gasteiger partial charge in [-0.15, -0.1) is 0 Å². The van der Waals surface area contributed by atoms with Crippen molar-refractivity contribution in [1.29, 1.82) is 0 Å². The zero-order chi connectivity index (χ0) is 13.2. The van der Waals surface area contributed by atoms with Gasteiger partial charge in [0.05, 0.1) is 26.2 Å². The molecule has 0 unspecified atom stereocenters. The molecule has 18 heavy (non-hydrogen) atoms. The van der Waals surface area contributed by atoms with Crippen molar-refractivity contribution >= 4 is 5.78 Å². The molecule has 0 N–H and O–H groups in total. The maximum absolute atomic E-state index is 11.7. The van der Waals surface area contributed by atoms with Gasteiger partial charge in [-0.3, -0.25) is 4.79 Å². The van der Waals surface area contributed by atoms with Gasteiger partial charge in [-0.25, -0.2) is 9.67 Å². The molecular formula is C12H21N3O3. The molecule has 0 saturated carbocycles. The number of hydrogen-bond donors (Lipinski definition) is 0. The zero-order valence-corrected chi connectivity index (χ0v) is 11.1. The highest BCUT2D eigenvalue weighted by atomic mass is 16.5. The number of Topliss-reactive ketones (excluding diaryl/α,β-unsaturated/α-hetero) is 1. The number of carbonyl (C=O) groups excluding carboxylic acids is 1. The Morgan fingerprint density at radius 3 is 2.94 bits per heavy atom. The maximum atomic E-state index is 11.7. The van der Waals surface area contributed by atoms with E-state index in [-0.39, 0.29) is 5.78 Å². The molecule has 6 heteroatoms. The van der Waals surface area contributed by atoms with Gasteiger partial charge in [0.1, 0.15) is 17.9 Å². The molecule has 1 rings (SSSR count). The Morgan fingerprint density at radius 1 is 1.39 bits per heavy atom. The molecule has 0 fully saturated rings. The van der Waals surface area contributed by atoms with Crippen LogP contribution in [0.3, 0.4) is 0 Å². The Balaban J connectivity index is 2.24. The van der Waals surface area contributed by atoms with E-state index in [1.54, 1.807) is 11.8 Å². The summed E-state index contributed by atoms with van der Waals surface area (Å²) in [4.78, 5) is 15.8. The first-order valence-corrected chi connectivity index (χ1v) is 6.23. The predicted octanol–water partition coefficient (Wildman–Crippen LogP) is 0.853. The van der Waals surface area contributed by atoms with E-state index in [1.165, 1.54) is 6.33 Å². The third-order valence-corrected chi connectivity index (χ3v) is 2.44. The molecule has 0 aliphatic rings. The lowest BCUT2D eigenvalue weighted by Gasteiger charge is -2.05. The molecular weight excluding hydrogens is 234 g/mol. The van der Waals surface area contributed by atoms with Gasteiger partial charge in [-0.05, 0) is 6.42 Å². The first kappa shape index (κ1) is 14.8. The second-order valence-corrected chi connectivity index (χ2v) is 3.97. The van der Waals surface area contributed by atoms with Crippen LogP contribution >= 0.6 is 0 Å². The fourth-order valence-electron chi connectivity index (χ4n) is 1.52. The number of aryl methyl sites for hydroxylation is 1. The summed E-state index contributed by atoms with van der Waals surface area (Å²) >= 11 is 0. The monoisotopic (exact) mass is 255 g/mol. The van der Waals surface area contributed by atoms with Crippen molar-refractivity contribution in [3.8, 4) is 0 Å². The summed E-state index contributed by atoms with van der Waals surface area (Å²) in [6.07, 6.45) is 3.20. The summed E-state index contributed by atoms with van der Waals surface area (Å²) in [6.45, 7) is 4.38. The Kier molecular flexibility index (Phi) is 7.20. The summed E-state index contributed by atoms with van der Waals surface area (Å²) in [5.74, 6) is 0.858. The van der Waals surface area contributed by atoms with Crippen molar-refractivity contribution in [1.82, 2.24) is 14.8 Å². The van der Waals surface area contributed by atoms with Crippen molar-refractivity contribution in [3.63, 3.8) is 0 Å². The van der Waals surface area contributed by atoms with Gasteiger partial charge in [0.25, 0.3) is 0 Å². The SMILES string of the molecule is CCCn1ncnc1CC(=O)CCOCCOC. The Hall–Kier alpha value is -1.27. The van der Waals surface area contributed by atoms with E-state index in [2.05, 4.69) is 17.0 Å². The van der Waals surface area contributed by atoms with E-state index < -0.39 is 0 Å². The molecule has 0 amide bonds. The predicted molar refractivity (Wildman–Crippen MR) is 66.3 cm³/mol. The summed E-state index contributed by atoms with van der Waals surface area (Å²) in [6, 6.07) is 0. The van der Waals surface area contributed by atoms with Crippen molar-refractivity contribution in [2.45, 2.75) is 32.7 Å². The highest BCUT2D eigenvalue weighted by Gasteiger charge is 2.09. The Morgan fingerprint density at radius 2 is 2.22 bits per heavy atom. The van der Waals surface area contributed by atoms with Crippen molar-refractivity contribution in [3.05, 3.63) is 12.2 Å². The van der Waals surface area contributed by atoms with Gasteiger partial charge in [-0.2, -0.15) is 5.10 Å². The highest BCUT2D eigenvalue weighted by molar-refractivity contribution is 5.80. The maximum Gasteiger partial charge on any atom is 0.142 e. The summed E-state index contributed by atoms with van der Waals surface area (Å²) in [5.41, 5.74) is 0. The van der Waals surface area contributed by atoms with E-state index in [0.29, 0.717) is 32.7 Å². The normalized spacial score (nSPS) is 10.8. The topological polar surface area (TPSA) is 66.2 Å². The number of rotatable bonds is 10. The van der Waals surface area contributed by atoms with Crippen molar-refractivity contribution in [2.24, 2.45) is 0 Å². The van der Waals surface area contributed by atoms with Gasteiger partial charge < -0.3 is 9.47 Å². The largest absolute Gasteiger partial charge is 0.382 e. The molecule has 0 spiro atoms. The second kappa shape index (κ2) is 8.77. The van der Waals surface area contributed by atoms with Crippen molar-refractivity contribution < 1.29 is 14.3 Å². The van der Waals surface area contributed by atoms with Crippen LogP contribution in [0.2, 0.25) is 0 Å². The smallest absolute Gasteiger partial charge is 0.142 e. The van der Waals surface area contributed by atoms with E-state index >= 15 is 0 Å². The molecule has 1 heterocycles. The van der Waals surface area contributed by atoms with Crippen LogP contribution in [0.5, 0.6) is 0 Å². The van der Waals surface area contributed by atoms with Crippen LogP contribution in [0.25, 0.3) is 0 Å². The Labute approximate surface area is 107 Å². The van der Waals surface area contributed by atoms with E-state index in [9.17, 15) is 4.79 Å². The second-order valence-electron chi connectivity index (χ2n) is 3.97. The number of methoxy groups -OCH3 is 1. The molecule has 6 nitrogen and oxygen atoms in total. The lowest BCUT2D eigenvalue weighted by molar-refractivity contribution is -0.119. The molecule has 0 radical (unpaired) electrons. The molecule has 0 aliphatic carbocycles. The number of ether oxygens (including phenoxy) is 2. The van der Waals surface area contributed by atoms with Gasteiger partial charge in [0.2, 0.25) is 0 Å². The number of carbonyl (C=O) groups is 1. The molecule has 1 aromatic heterocycles. The van der Waals surface area contributed by atoms with Crippen LogP contribution in [0.1, 0.15) is 25.6 Å². The summed E-state index contributed by atoms with van der Waals surface area (Å²) in [7, 11) is 1.62. The van der Waals surface area contributed by atoms with Crippen LogP contribution in [0.15, 0.2) is 6.33 Å². The van der Waals surface area contributed by atoms with Gasteiger partial charge in [0.15, 0.2) is 0 Å². The first-order chi connectivity index (χ1) is 8.77. The third-order valence-electron chi connectivity index (χ3n) is 2.44. The lowest BCUT2D eigenvalue weighted by Crippen LogP contribution is -2.13. The van der Waals surface area contributed by atoms with E-state index in [0.717, 1.165) is 18.8 Å². The fraction of sp³-hybridized carbons (Fsp3) is 0.750. The van der Waals surface area contributed by atoms with Crippen molar-refractivity contribution in [2.75, 3.05) is 26.9 Å². The molecule has 0 atom stereocenters. The first-order valence-electron chi connectivity index (χ1n) is 6.23. The number of nitrogens with zero attached hydrogens (tertiary/aromatic N) is 3. The average Bonchev–Trinajstić information content (AvgIpc) is 2.77. The molecule has 0 saturated heterocycles. The van der Waals surface area contributed by atoms with Crippen LogP contribution in [-0.2, 0) is 27.2 Å². The standard InChI is InChI=1S/C12H21N3O3/c1-3-5-15-12(13-10-14-15)9-11(16)4-6-18-8-7-17-2/h10H,3-9H2,1-2H3. The average molecular weight is 255 g/mol. The minimum absolute atomic E-state index is 0.123. The van der Waals surface area contributed by atoms with Crippen LogP contribution < -0.4 is 0 Å². The zero-order valence-electron chi connectivity index (χ0n) is 11.1. The quantitative estimate of drug-likeness (QED) is 0.580. The molecule has 0 aliphatic heterocycles. The minimum Gasteiger partial charge on any atom is -0.382 e. The molecule has 1 aromatic rings. The fourth-order valence-corrected chi connectivity index (χ4v) is 1.52. The number of hydrogen-bond acceptors (Lipinski definition) is 5. The molecule has 0 bridgehead atoms. The van der Waals surface area contributed by atoms with Crippen LogP contribution in [0, 0.1) is 0 Å². The number of ketones is 1. The van der Waals surface area contributed by atoms with Gasteiger partial charge >= 0.3 is 0 Å². The summed E-state index contributed by atoms with van der Waals surface area (Å²) < 4.78 is 11.9. The molecule has 102 valence electrons. The van der Waals surface area contributed by atoms with Crippen LogP contribution in [-0.4, -0.2) is 47.5 Å². The van der Waals surface area contributed by atoms with Gasteiger partial charge in [0, 0.05) is 20.1 Å². The molecule has 0 aromatic carbocycles. The highest BCUT2D eigenvalue weighted by Crippen LogP contribution is 2.00. The number of aromatic nitrogens is 3. The third kappa shape index (κ3) is 5.37. The minimum atomic E-state index is 0.123.